The first-order chi connectivity index (χ1) is 9.43. The molecule has 0 aliphatic carbocycles. The van der Waals surface area contributed by atoms with Crippen molar-refractivity contribution in [2.75, 3.05) is 17.6 Å². The zero-order chi connectivity index (χ0) is 15.1. The van der Waals surface area contributed by atoms with E-state index in [0.29, 0.717) is 23.8 Å². The smallest absolute Gasteiger partial charge is 0.263 e. The van der Waals surface area contributed by atoms with Crippen molar-refractivity contribution in [2.45, 2.75) is 20.8 Å². The van der Waals surface area contributed by atoms with Crippen molar-refractivity contribution in [3.05, 3.63) is 35.5 Å². The number of benzene rings is 1. The molecule has 1 rings (SSSR count). The number of carbonyl (C=O) groups excluding carboxylic acids is 1. The van der Waals surface area contributed by atoms with E-state index in [9.17, 15) is 4.79 Å². The molecule has 5 nitrogen and oxygen atoms in total. The summed E-state index contributed by atoms with van der Waals surface area (Å²) < 4.78 is 0. The summed E-state index contributed by atoms with van der Waals surface area (Å²) >= 11 is 0. The molecule has 1 amide bonds. The van der Waals surface area contributed by atoms with Crippen LogP contribution in [-0.2, 0) is 4.79 Å². The molecule has 20 heavy (non-hydrogen) atoms. The first-order valence-electron chi connectivity index (χ1n) is 6.45. The van der Waals surface area contributed by atoms with Gasteiger partial charge in [0, 0.05) is 12.7 Å². The molecule has 1 aromatic carbocycles. The molecule has 0 heterocycles. The minimum atomic E-state index is -0.389. The lowest BCUT2D eigenvalue weighted by Crippen LogP contribution is -2.28. The van der Waals surface area contributed by atoms with Gasteiger partial charge in [-0.1, -0.05) is 19.9 Å². The van der Waals surface area contributed by atoms with Gasteiger partial charge in [-0.05, 0) is 30.5 Å². The highest BCUT2D eigenvalue weighted by molar-refractivity contribution is 5.97. The second kappa shape index (κ2) is 7.19. The van der Waals surface area contributed by atoms with Crippen molar-refractivity contribution in [1.29, 1.82) is 5.26 Å². The summed E-state index contributed by atoms with van der Waals surface area (Å²) in [7, 11) is 0. The van der Waals surface area contributed by atoms with Gasteiger partial charge in [-0.15, -0.1) is 0 Å². The molecule has 5 heteroatoms. The Hall–Kier alpha value is -2.48. The van der Waals surface area contributed by atoms with Crippen LogP contribution in [0.25, 0.3) is 0 Å². The van der Waals surface area contributed by atoms with E-state index in [4.69, 9.17) is 11.0 Å². The van der Waals surface area contributed by atoms with Gasteiger partial charge >= 0.3 is 0 Å². The van der Waals surface area contributed by atoms with E-state index in [1.165, 1.54) is 6.20 Å². The van der Waals surface area contributed by atoms with E-state index in [-0.39, 0.29) is 11.5 Å². The quantitative estimate of drug-likeness (QED) is 0.435. The van der Waals surface area contributed by atoms with Gasteiger partial charge in [-0.3, -0.25) is 4.79 Å². The molecule has 0 saturated heterocycles. The van der Waals surface area contributed by atoms with Gasteiger partial charge in [0.1, 0.15) is 11.6 Å². The summed E-state index contributed by atoms with van der Waals surface area (Å²) in [6, 6.07) is 7.40. The van der Waals surface area contributed by atoms with Gasteiger partial charge in [0.25, 0.3) is 5.91 Å². The Morgan fingerprint density at radius 3 is 2.80 bits per heavy atom. The molecule has 0 saturated carbocycles. The fraction of sp³-hybridized carbons (Fsp3) is 0.333. The van der Waals surface area contributed by atoms with E-state index in [1.54, 1.807) is 6.07 Å². The van der Waals surface area contributed by atoms with Crippen LogP contribution in [0.4, 0.5) is 11.4 Å². The molecular formula is C15H20N4O. The zero-order valence-electron chi connectivity index (χ0n) is 12.0. The maximum Gasteiger partial charge on any atom is 0.263 e. The molecule has 0 unspecified atom stereocenters. The van der Waals surface area contributed by atoms with Crippen LogP contribution < -0.4 is 16.4 Å². The lowest BCUT2D eigenvalue weighted by atomic mass is 10.2. The fourth-order valence-electron chi connectivity index (χ4n) is 1.49. The van der Waals surface area contributed by atoms with E-state index < -0.39 is 0 Å². The second-order valence-electron chi connectivity index (χ2n) is 5.01. The number of hydrogen-bond donors (Lipinski definition) is 3. The van der Waals surface area contributed by atoms with Crippen molar-refractivity contribution in [1.82, 2.24) is 5.32 Å². The third kappa shape index (κ3) is 4.65. The van der Waals surface area contributed by atoms with Gasteiger partial charge in [-0.25, -0.2) is 0 Å². The van der Waals surface area contributed by atoms with Crippen LogP contribution in [0.2, 0.25) is 0 Å². The fourth-order valence-corrected chi connectivity index (χ4v) is 1.49. The Bertz CT molecular complexity index is 555. The molecule has 0 radical (unpaired) electrons. The van der Waals surface area contributed by atoms with Crippen LogP contribution in [0, 0.1) is 24.2 Å². The van der Waals surface area contributed by atoms with Crippen molar-refractivity contribution < 1.29 is 4.79 Å². The average Bonchev–Trinajstić information content (AvgIpc) is 2.40. The number of anilines is 2. The van der Waals surface area contributed by atoms with Crippen LogP contribution in [0.5, 0.6) is 0 Å². The monoisotopic (exact) mass is 272 g/mol. The Morgan fingerprint density at radius 2 is 2.20 bits per heavy atom. The number of nitrogen functional groups attached to an aromatic ring is 1. The van der Waals surface area contributed by atoms with Crippen molar-refractivity contribution in [3.8, 4) is 6.07 Å². The normalized spacial score (nSPS) is 11.1. The Morgan fingerprint density at radius 1 is 1.50 bits per heavy atom. The molecule has 4 N–H and O–H groups in total. The molecule has 0 atom stereocenters. The minimum Gasteiger partial charge on any atom is -0.397 e. The molecular weight excluding hydrogens is 252 g/mol. The van der Waals surface area contributed by atoms with Crippen molar-refractivity contribution in [3.63, 3.8) is 0 Å². The molecule has 0 fully saturated rings. The molecule has 1 aromatic rings. The highest BCUT2D eigenvalue weighted by atomic mass is 16.1. The maximum absolute atomic E-state index is 11.8. The Kier molecular flexibility index (Phi) is 5.60. The van der Waals surface area contributed by atoms with Crippen LogP contribution >= 0.6 is 0 Å². The Labute approximate surface area is 119 Å². The summed E-state index contributed by atoms with van der Waals surface area (Å²) in [4.78, 5) is 11.8. The van der Waals surface area contributed by atoms with Crippen LogP contribution in [0.3, 0.4) is 0 Å². The number of aryl methyl sites for hydroxylation is 1. The first kappa shape index (κ1) is 15.6. The van der Waals surface area contributed by atoms with E-state index in [0.717, 1.165) is 5.56 Å². The summed E-state index contributed by atoms with van der Waals surface area (Å²) in [5.74, 6) is -0.0563. The summed E-state index contributed by atoms with van der Waals surface area (Å²) in [6.45, 7) is 6.45. The molecule has 0 aliphatic heterocycles. The SMILES string of the molecule is Cc1ccc(N)c(N/C=C(/C#N)C(=O)NCC(C)C)c1. The zero-order valence-corrected chi connectivity index (χ0v) is 12.0. The third-order valence-corrected chi connectivity index (χ3v) is 2.62. The van der Waals surface area contributed by atoms with Crippen molar-refractivity contribution in [2.24, 2.45) is 5.92 Å². The van der Waals surface area contributed by atoms with Gasteiger partial charge in [0.05, 0.1) is 11.4 Å². The molecule has 0 bridgehead atoms. The summed E-state index contributed by atoms with van der Waals surface area (Å²) in [6.07, 6.45) is 1.38. The molecule has 0 aromatic heterocycles. The summed E-state index contributed by atoms with van der Waals surface area (Å²) in [5, 5.41) is 14.6. The predicted octanol–water partition coefficient (Wildman–Crippen LogP) is 2.17. The van der Waals surface area contributed by atoms with Crippen molar-refractivity contribution >= 4 is 17.3 Å². The largest absolute Gasteiger partial charge is 0.397 e. The van der Waals surface area contributed by atoms with Gasteiger partial charge < -0.3 is 16.4 Å². The summed E-state index contributed by atoms with van der Waals surface area (Å²) in [5.41, 5.74) is 8.11. The maximum atomic E-state index is 11.8. The predicted molar refractivity (Wildman–Crippen MR) is 80.8 cm³/mol. The third-order valence-electron chi connectivity index (χ3n) is 2.62. The lowest BCUT2D eigenvalue weighted by Gasteiger charge is -2.08. The van der Waals surface area contributed by atoms with Gasteiger partial charge in [0.15, 0.2) is 0 Å². The number of nitriles is 1. The molecule has 0 aliphatic rings. The highest BCUT2D eigenvalue weighted by Gasteiger charge is 2.09. The number of nitrogens with two attached hydrogens (primary N) is 1. The van der Waals surface area contributed by atoms with Gasteiger partial charge in [-0.2, -0.15) is 5.26 Å². The number of nitrogens with zero attached hydrogens (tertiary/aromatic N) is 1. The second-order valence-corrected chi connectivity index (χ2v) is 5.01. The van der Waals surface area contributed by atoms with Crippen LogP contribution in [0.1, 0.15) is 19.4 Å². The van der Waals surface area contributed by atoms with Crippen LogP contribution in [0.15, 0.2) is 30.0 Å². The number of rotatable bonds is 5. The number of hydrogen-bond acceptors (Lipinski definition) is 4. The van der Waals surface area contributed by atoms with E-state index in [1.807, 2.05) is 39.0 Å². The number of nitrogens with one attached hydrogen (secondary N) is 2. The Balaban J connectivity index is 2.78. The topological polar surface area (TPSA) is 90.9 Å². The first-order valence-corrected chi connectivity index (χ1v) is 6.45. The number of amides is 1. The van der Waals surface area contributed by atoms with E-state index >= 15 is 0 Å². The molecule has 106 valence electrons. The minimum absolute atomic E-state index is 0.0200. The molecule has 0 spiro atoms. The van der Waals surface area contributed by atoms with Gasteiger partial charge in [0.2, 0.25) is 0 Å². The van der Waals surface area contributed by atoms with E-state index in [2.05, 4.69) is 10.6 Å². The van der Waals surface area contributed by atoms with Crippen LogP contribution in [-0.4, -0.2) is 12.5 Å². The highest BCUT2D eigenvalue weighted by Crippen LogP contribution is 2.19. The number of carbonyl (C=O) groups is 1. The lowest BCUT2D eigenvalue weighted by molar-refractivity contribution is -0.117. The average molecular weight is 272 g/mol. The standard InChI is InChI=1S/C15H20N4O/c1-10(2)8-19-15(20)12(7-16)9-18-14-6-11(3)4-5-13(14)17/h4-6,9-10,18H,8,17H2,1-3H3,(H,19,20)/b12-9-.